The highest BCUT2D eigenvalue weighted by molar-refractivity contribution is 6.46. The third-order valence-electron chi connectivity index (χ3n) is 5.61. The second kappa shape index (κ2) is 9.91. The number of hydrogen-bond donors (Lipinski definition) is 1. The van der Waals surface area contributed by atoms with Crippen LogP contribution in [-0.4, -0.2) is 18.4 Å². The smallest absolute Gasteiger partial charge is 0.282 e. The van der Waals surface area contributed by atoms with Gasteiger partial charge in [-0.1, -0.05) is 51.1 Å². The Bertz CT molecular complexity index is 1230. The number of ether oxygens (including phenoxy) is 1. The largest absolute Gasteiger partial charge is 0.494 e. The molecule has 34 heavy (non-hydrogen) atoms. The minimum absolute atomic E-state index is 0.136. The van der Waals surface area contributed by atoms with Crippen LogP contribution in [0.2, 0.25) is 0 Å². The van der Waals surface area contributed by atoms with Crippen molar-refractivity contribution < 1.29 is 18.7 Å². The van der Waals surface area contributed by atoms with Crippen molar-refractivity contribution in [1.82, 2.24) is 0 Å². The molecule has 4 rings (SSSR count). The van der Waals surface area contributed by atoms with Gasteiger partial charge in [0.2, 0.25) is 0 Å². The predicted octanol–water partition coefficient (Wildman–Crippen LogP) is 6.13. The average Bonchev–Trinajstić information content (AvgIpc) is 3.07. The summed E-state index contributed by atoms with van der Waals surface area (Å²) >= 11 is 0. The van der Waals surface area contributed by atoms with E-state index >= 15 is 0 Å². The molecular weight excluding hydrogens is 431 g/mol. The Morgan fingerprint density at radius 3 is 2.29 bits per heavy atom. The van der Waals surface area contributed by atoms with E-state index in [-0.39, 0.29) is 11.3 Å². The molecule has 0 unspecified atom stereocenters. The summed E-state index contributed by atoms with van der Waals surface area (Å²) in [5.41, 5.74) is 2.99. The van der Waals surface area contributed by atoms with Crippen molar-refractivity contribution in [3.8, 4) is 5.75 Å². The highest BCUT2D eigenvalue weighted by atomic mass is 19.1. The van der Waals surface area contributed by atoms with Crippen LogP contribution in [0.4, 0.5) is 15.8 Å². The van der Waals surface area contributed by atoms with Crippen molar-refractivity contribution in [2.24, 2.45) is 0 Å². The van der Waals surface area contributed by atoms with Gasteiger partial charge in [0.15, 0.2) is 0 Å². The predicted molar refractivity (Wildman–Crippen MR) is 132 cm³/mol. The monoisotopic (exact) mass is 458 g/mol. The van der Waals surface area contributed by atoms with E-state index in [4.69, 9.17) is 4.74 Å². The number of imide groups is 1. The highest BCUT2D eigenvalue weighted by Crippen LogP contribution is 2.34. The molecule has 1 heterocycles. The number of amides is 2. The second-order valence-corrected chi connectivity index (χ2v) is 8.45. The summed E-state index contributed by atoms with van der Waals surface area (Å²) in [4.78, 5) is 28.2. The molecule has 5 nitrogen and oxygen atoms in total. The maximum atomic E-state index is 13.6. The molecule has 3 aromatic carbocycles. The molecular formula is C28H27FN2O3. The van der Waals surface area contributed by atoms with Gasteiger partial charge in [0.1, 0.15) is 17.3 Å². The van der Waals surface area contributed by atoms with Gasteiger partial charge in [-0.15, -0.1) is 0 Å². The topological polar surface area (TPSA) is 58.6 Å². The quantitative estimate of drug-likeness (QED) is 0.412. The molecule has 174 valence electrons. The van der Waals surface area contributed by atoms with E-state index in [0.717, 1.165) is 16.9 Å². The maximum absolute atomic E-state index is 13.6. The number of carbonyl (C=O) groups is 2. The first-order chi connectivity index (χ1) is 16.4. The minimum atomic E-state index is -0.471. The number of nitrogens with zero attached hydrogens (tertiary/aromatic N) is 1. The molecule has 1 N–H and O–H groups in total. The zero-order valence-corrected chi connectivity index (χ0v) is 19.5. The molecule has 0 aromatic heterocycles. The summed E-state index contributed by atoms with van der Waals surface area (Å²) in [5, 5.41) is 3.12. The summed E-state index contributed by atoms with van der Waals surface area (Å²) in [6, 6.07) is 20.2. The van der Waals surface area contributed by atoms with Gasteiger partial charge in [-0.2, -0.15) is 0 Å². The van der Waals surface area contributed by atoms with E-state index in [1.807, 2.05) is 31.2 Å². The van der Waals surface area contributed by atoms with Crippen LogP contribution in [0.15, 0.2) is 78.5 Å². The first-order valence-corrected chi connectivity index (χ1v) is 11.4. The third-order valence-corrected chi connectivity index (χ3v) is 5.61. The third kappa shape index (κ3) is 4.71. The zero-order valence-electron chi connectivity index (χ0n) is 19.5. The number of anilines is 2. The molecule has 0 fully saturated rings. The fraction of sp³-hybridized carbons (Fsp3) is 0.214. The molecule has 0 bridgehead atoms. The number of carbonyl (C=O) groups excluding carboxylic acids is 2. The number of nitrogens with one attached hydrogen (secondary N) is 1. The lowest BCUT2D eigenvalue weighted by molar-refractivity contribution is -0.120. The maximum Gasteiger partial charge on any atom is 0.282 e. The lowest BCUT2D eigenvalue weighted by Gasteiger charge is -2.16. The molecule has 1 aliphatic heterocycles. The van der Waals surface area contributed by atoms with Gasteiger partial charge in [-0.3, -0.25) is 9.59 Å². The van der Waals surface area contributed by atoms with Gasteiger partial charge in [0, 0.05) is 11.8 Å². The molecule has 0 radical (unpaired) electrons. The molecule has 0 spiro atoms. The first-order valence-electron chi connectivity index (χ1n) is 11.4. The molecule has 1 aliphatic rings. The molecule has 3 aromatic rings. The molecule has 0 saturated carbocycles. The Kier molecular flexibility index (Phi) is 6.77. The molecule has 0 aliphatic carbocycles. The average molecular weight is 459 g/mol. The fourth-order valence-electron chi connectivity index (χ4n) is 3.80. The lowest BCUT2D eigenvalue weighted by atomic mass is 10.0. The van der Waals surface area contributed by atoms with E-state index in [1.165, 1.54) is 24.3 Å². The van der Waals surface area contributed by atoms with Gasteiger partial charge in [-0.25, -0.2) is 9.29 Å². The standard InChI is InChI=1S/C28H27FN2O3/c1-4-16-34-24-7-5-6-22(17-24)30-26-25(20-8-12-21(29)13-9-20)27(32)31(28(26)33)23-14-10-19(11-15-23)18(2)3/h5-15,17-18,30H,4,16H2,1-3H3. The Balaban J connectivity index is 1.74. The van der Waals surface area contributed by atoms with Crippen LogP contribution in [-0.2, 0) is 9.59 Å². The van der Waals surface area contributed by atoms with E-state index in [2.05, 4.69) is 19.2 Å². The van der Waals surface area contributed by atoms with Crippen LogP contribution in [0.3, 0.4) is 0 Å². The molecule has 0 atom stereocenters. The molecule has 6 heteroatoms. The van der Waals surface area contributed by atoms with Crippen LogP contribution in [0.25, 0.3) is 5.57 Å². The summed E-state index contributed by atoms with van der Waals surface area (Å²) in [6.07, 6.45) is 0.870. The van der Waals surface area contributed by atoms with E-state index in [0.29, 0.717) is 35.2 Å². The number of benzene rings is 3. The highest BCUT2D eigenvalue weighted by Gasteiger charge is 2.40. The Morgan fingerprint density at radius 2 is 1.65 bits per heavy atom. The number of halogens is 1. The lowest BCUT2D eigenvalue weighted by Crippen LogP contribution is -2.32. The fourth-order valence-corrected chi connectivity index (χ4v) is 3.80. The van der Waals surface area contributed by atoms with Crippen LogP contribution < -0.4 is 15.0 Å². The van der Waals surface area contributed by atoms with Gasteiger partial charge >= 0.3 is 0 Å². The SMILES string of the molecule is CCCOc1cccc(NC2=C(c3ccc(F)cc3)C(=O)N(c3ccc(C(C)C)cc3)C2=O)c1. The van der Waals surface area contributed by atoms with E-state index in [9.17, 15) is 14.0 Å². The van der Waals surface area contributed by atoms with Crippen LogP contribution in [0.1, 0.15) is 44.2 Å². The summed E-state index contributed by atoms with van der Waals surface area (Å²) in [6.45, 7) is 6.75. The van der Waals surface area contributed by atoms with Gasteiger partial charge < -0.3 is 10.1 Å². The van der Waals surface area contributed by atoms with Crippen LogP contribution in [0.5, 0.6) is 5.75 Å². The van der Waals surface area contributed by atoms with Crippen molar-refractivity contribution in [1.29, 1.82) is 0 Å². The summed E-state index contributed by atoms with van der Waals surface area (Å²) < 4.78 is 19.3. The normalized spacial score (nSPS) is 13.7. The van der Waals surface area contributed by atoms with Crippen molar-refractivity contribution in [2.45, 2.75) is 33.1 Å². The van der Waals surface area contributed by atoms with Crippen LogP contribution in [0, 0.1) is 5.82 Å². The summed E-state index contributed by atoms with van der Waals surface area (Å²) in [7, 11) is 0. The van der Waals surface area contributed by atoms with E-state index < -0.39 is 17.6 Å². The van der Waals surface area contributed by atoms with E-state index in [1.54, 1.807) is 24.3 Å². The number of rotatable bonds is 8. The zero-order chi connectivity index (χ0) is 24.2. The van der Waals surface area contributed by atoms with Gasteiger partial charge in [-0.05, 0) is 59.9 Å². The Labute approximate surface area is 198 Å². The number of hydrogen-bond acceptors (Lipinski definition) is 4. The minimum Gasteiger partial charge on any atom is -0.494 e. The van der Waals surface area contributed by atoms with Gasteiger partial charge in [0.05, 0.1) is 17.9 Å². The van der Waals surface area contributed by atoms with Crippen molar-refractivity contribution in [2.75, 3.05) is 16.8 Å². The molecule has 0 saturated heterocycles. The van der Waals surface area contributed by atoms with Crippen LogP contribution >= 0.6 is 0 Å². The molecule has 2 amide bonds. The van der Waals surface area contributed by atoms with Crippen molar-refractivity contribution >= 4 is 28.8 Å². The van der Waals surface area contributed by atoms with Crippen molar-refractivity contribution in [3.63, 3.8) is 0 Å². The Morgan fingerprint density at radius 1 is 0.941 bits per heavy atom. The second-order valence-electron chi connectivity index (χ2n) is 8.45. The van der Waals surface area contributed by atoms with Crippen molar-refractivity contribution in [3.05, 3.63) is 95.4 Å². The Hall–Kier alpha value is -3.93. The van der Waals surface area contributed by atoms with Gasteiger partial charge in [0.25, 0.3) is 11.8 Å². The first kappa shape index (κ1) is 23.2. The summed E-state index contributed by atoms with van der Waals surface area (Å²) in [5.74, 6) is -0.367.